The van der Waals surface area contributed by atoms with E-state index in [2.05, 4.69) is 108 Å². The van der Waals surface area contributed by atoms with Gasteiger partial charge in [0.1, 0.15) is 0 Å². The third kappa shape index (κ3) is 4.65. The highest BCUT2D eigenvalue weighted by Crippen LogP contribution is 2.40. The van der Waals surface area contributed by atoms with E-state index in [4.69, 9.17) is 9.97 Å². The van der Waals surface area contributed by atoms with E-state index in [0.29, 0.717) is 11.4 Å². The van der Waals surface area contributed by atoms with Crippen LogP contribution in [0, 0.1) is 11.3 Å². The van der Waals surface area contributed by atoms with Gasteiger partial charge < -0.3 is 0 Å². The summed E-state index contributed by atoms with van der Waals surface area (Å²) in [6.07, 6.45) is 3.66. The Labute approximate surface area is 277 Å². The lowest BCUT2D eigenvalue weighted by atomic mass is 9.90. The van der Waals surface area contributed by atoms with Crippen LogP contribution >= 0.6 is 0 Å². The van der Waals surface area contributed by atoms with Crippen molar-refractivity contribution in [2.45, 2.75) is 0 Å². The van der Waals surface area contributed by atoms with Crippen LogP contribution in [0.5, 0.6) is 0 Å². The lowest BCUT2D eigenvalue weighted by molar-refractivity contribution is 1.18. The van der Waals surface area contributed by atoms with Crippen molar-refractivity contribution in [2.75, 3.05) is 0 Å². The Hall–Kier alpha value is -6.70. The number of benzene rings is 7. The first kappa shape index (κ1) is 27.6. The van der Waals surface area contributed by atoms with Crippen LogP contribution in [0.1, 0.15) is 5.56 Å². The zero-order valence-electron chi connectivity index (χ0n) is 25.8. The molecule has 222 valence electrons. The summed E-state index contributed by atoms with van der Waals surface area (Å²) in [5.41, 5.74) is 9.46. The zero-order valence-corrected chi connectivity index (χ0v) is 25.8. The normalized spacial score (nSPS) is 11.3. The van der Waals surface area contributed by atoms with Gasteiger partial charge in [-0.05, 0) is 73.3 Å². The molecule has 0 saturated heterocycles. The molecule has 0 aliphatic heterocycles. The van der Waals surface area contributed by atoms with Crippen molar-refractivity contribution in [1.29, 1.82) is 5.26 Å². The summed E-state index contributed by atoms with van der Waals surface area (Å²) in [5, 5.41) is 17.0. The lowest BCUT2D eigenvalue weighted by Crippen LogP contribution is -1.97. The Morgan fingerprint density at radius 2 is 1.12 bits per heavy atom. The van der Waals surface area contributed by atoms with Gasteiger partial charge in [0, 0.05) is 34.6 Å². The molecule has 2 heterocycles. The Balaban J connectivity index is 1.18. The summed E-state index contributed by atoms with van der Waals surface area (Å²) in [5.74, 6) is 0.634. The second-order valence-electron chi connectivity index (χ2n) is 12.0. The maximum atomic E-state index is 9.38. The molecule has 0 N–H and O–H groups in total. The summed E-state index contributed by atoms with van der Waals surface area (Å²) in [6, 6.07) is 52.5. The van der Waals surface area contributed by atoms with Crippen LogP contribution in [0.15, 0.2) is 158 Å². The van der Waals surface area contributed by atoms with E-state index in [1.54, 1.807) is 6.20 Å². The number of pyridine rings is 1. The molecule has 0 atom stereocenters. The molecular formula is C44H26N4. The predicted molar refractivity (Wildman–Crippen MR) is 195 cm³/mol. The lowest BCUT2D eigenvalue weighted by Gasteiger charge is -2.15. The number of hydrogen-bond acceptors (Lipinski definition) is 4. The first-order chi connectivity index (χ1) is 23.7. The van der Waals surface area contributed by atoms with Gasteiger partial charge in [0.25, 0.3) is 0 Å². The van der Waals surface area contributed by atoms with Gasteiger partial charge in [0.15, 0.2) is 5.82 Å². The number of rotatable bonds is 5. The number of hydrogen-bond donors (Lipinski definition) is 0. The van der Waals surface area contributed by atoms with Crippen LogP contribution in [0.3, 0.4) is 0 Å². The summed E-state index contributed by atoms with van der Waals surface area (Å²) in [6.45, 7) is 0. The Morgan fingerprint density at radius 3 is 1.88 bits per heavy atom. The summed E-state index contributed by atoms with van der Waals surface area (Å²) < 4.78 is 0. The third-order valence-electron chi connectivity index (χ3n) is 9.19. The van der Waals surface area contributed by atoms with Crippen LogP contribution in [0.4, 0.5) is 0 Å². The van der Waals surface area contributed by atoms with Gasteiger partial charge in [-0.15, -0.1) is 0 Å². The quantitative estimate of drug-likeness (QED) is 0.182. The molecule has 7 aromatic carbocycles. The van der Waals surface area contributed by atoms with Crippen molar-refractivity contribution in [3.05, 3.63) is 164 Å². The molecule has 48 heavy (non-hydrogen) atoms. The zero-order chi connectivity index (χ0) is 32.0. The first-order valence-electron chi connectivity index (χ1n) is 15.9. The molecule has 0 saturated carbocycles. The van der Waals surface area contributed by atoms with Gasteiger partial charge in [-0.1, -0.05) is 121 Å². The number of aromatic nitrogens is 3. The van der Waals surface area contributed by atoms with Crippen molar-refractivity contribution in [3.63, 3.8) is 0 Å². The fourth-order valence-corrected chi connectivity index (χ4v) is 6.84. The number of nitriles is 1. The smallest absolute Gasteiger partial charge is 0.160 e. The molecule has 9 rings (SSSR count). The average Bonchev–Trinajstić information content (AvgIpc) is 3.17. The van der Waals surface area contributed by atoms with Gasteiger partial charge in [-0.3, -0.25) is 4.98 Å². The second-order valence-corrected chi connectivity index (χ2v) is 12.0. The monoisotopic (exact) mass is 610 g/mol. The van der Waals surface area contributed by atoms with Crippen LogP contribution in [0.25, 0.3) is 88.5 Å². The topological polar surface area (TPSA) is 62.5 Å². The molecule has 0 spiro atoms. The molecule has 4 heteroatoms. The van der Waals surface area contributed by atoms with E-state index < -0.39 is 0 Å². The maximum Gasteiger partial charge on any atom is 0.160 e. The van der Waals surface area contributed by atoms with Crippen molar-refractivity contribution < 1.29 is 0 Å². The van der Waals surface area contributed by atoms with Crippen LogP contribution in [-0.2, 0) is 0 Å². The number of nitrogens with zero attached hydrogens (tertiary/aromatic N) is 4. The minimum Gasteiger partial charge on any atom is -0.264 e. The molecular weight excluding hydrogens is 585 g/mol. The molecule has 0 amide bonds. The fraction of sp³-hybridized carbons (Fsp3) is 0. The largest absolute Gasteiger partial charge is 0.264 e. The Kier molecular flexibility index (Phi) is 6.48. The van der Waals surface area contributed by atoms with Crippen molar-refractivity contribution in [3.8, 4) is 62.2 Å². The highest BCUT2D eigenvalue weighted by Gasteiger charge is 2.16. The highest BCUT2D eigenvalue weighted by molar-refractivity contribution is 6.25. The predicted octanol–water partition coefficient (Wildman–Crippen LogP) is 11.0. The molecule has 0 aliphatic rings. The molecule has 0 aliphatic carbocycles. The van der Waals surface area contributed by atoms with Crippen LogP contribution < -0.4 is 0 Å². The van der Waals surface area contributed by atoms with E-state index in [1.807, 2.05) is 54.7 Å². The van der Waals surface area contributed by atoms with E-state index in [0.717, 1.165) is 44.8 Å². The van der Waals surface area contributed by atoms with Gasteiger partial charge in [0.2, 0.25) is 0 Å². The van der Waals surface area contributed by atoms with E-state index in [-0.39, 0.29) is 0 Å². The summed E-state index contributed by atoms with van der Waals surface area (Å²) in [4.78, 5) is 14.6. The van der Waals surface area contributed by atoms with Crippen LogP contribution in [-0.4, -0.2) is 15.0 Å². The van der Waals surface area contributed by atoms with E-state index in [1.165, 1.54) is 37.9 Å². The fourth-order valence-electron chi connectivity index (χ4n) is 6.84. The van der Waals surface area contributed by atoms with Gasteiger partial charge in [-0.25, -0.2) is 9.97 Å². The molecule has 0 unspecified atom stereocenters. The minimum absolute atomic E-state index is 0.609. The molecule has 2 aromatic heterocycles. The summed E-state index contributed by atoms with van der Waals surface area (Å²) >= 11 is 0. The maximum absolute atomic E-state index is 9.38. The minimum atomic E-state index is 0.609. The third-order valence-corrected chi connectivity index (χ3v) is 9.19. The average molecular weight is 611 g/mol. The second kappa shape index (κ2) is 11.3. The molecule has 0 fully saturated rings. The van der Waals surface area contributed by atoms with E-state index >= 15 is 0 Å². The van der Waals surface area contributed by atoms with Gasteiger partial charge in [0.05, 0.1) is 23.0 Å². The van der Waals surface area contributed by atoms with Crippen LogP contribution in [0.2, 0.25) is 0 Å². The van der Waals surface area contributed by atoms with Crippen molar-refractivity contribution >= 4 is 32.3 Å². The van der Waals surface area contributed by atoms with E-state index in [9.17, 15) is 5.26 Å². The van der Waals surface area contributed by atoms with Gasteiger partial charge >= 0.3 is 0 Å². The molecule has 9 aromatic rings. The standard InChI is InChI=1S/C44H26N4/c45-26-28-10-12-30(13-11-28)40-25-41(38-9-2-1-8-36(38)35-7-4-24-46-27-35)48-44(47-40)34-18-14-29(15-19-34)37-22-20-33-17-16-31-5-3-6-32-21-23-39(37)43(33)42(31)32/h1-25,27H. The Morgan fingerprint density at radius 1 is 0.458 bits per heavy atom. The SMILES string of the molecule is N#Cc1ccc(-c2cc(-c3ccccc3-c3cccnc3)nc(-c3ccc(-c4ccc5ccc6cccc7ccc4c5c67)cc3)n2)cc1. The van der Waals surface area contributed by atoms with Gasteiger partial charge in [-0.2, -0.15) is 5.26 Å². The molecule has 4 nitrogen and oxygen atoms in total. The summed E-state index contributed by atoms with van der Waals surface area (Å²) in [7, 11) is 0. The first-order valence-corrected chi connectivity index (χ1v) is 15.9. The molecule has 0 radical (unpaired) electrons. The highest BCUT2D eigenvalue weighted by atomic mass is 14.9. The Bertz CT molecular complexity index is 2640. The van der Waals surface area contributed by atoms with Crippen molar-refractivity contribution in [2.24, 2.45) is 0 Å². The molecule has 0 bridgehead atoms. The van der Waals surface area contributed by atoms with Crippen molar-refractivity contribution in [1.82, 2.24) is 15.0 Å².